The fourth-order valence-electron chi connectivity index (χ4n) is 2.47. The molecule has 0 aliphatic heterocycles. The van der Waals surface area contributed by atoms with E-state index in [4.69, 9.17) is 16.3 Å². The van der Waals surface area contributed by atoms with Crippen LogP contribution in [0.3, 0.4) is 0 Å². The van der Waals surface area contributed by atoms with Gasteiger partial charge in [-0.1, -0.05) is 47.4 Å². The van der Waals surface area contributed by atoms with Crippen LogP contribution in [0.4, 0.5) is 0 Å². The molecular weight excluding hydrogens is 462 g/mol. The van der Waals surface area contributed by atoms with Crippen LogP contribution in [-0.2, 0) is 4.79 Å². The van der Waals surface area contributed by atoms with Gasteiger partial charge in [-0.25, -0.2) is 5.43 Å². The van der Waals surface area contributed by atoms with Gasteiger partial charge in [0.1, 0.15) is 6.04 Å². The highest BCUT2D eigenvalue weighted by molar-refractivity contribution is 9.10. The number of phenolic OH excluding ortho intramolecular Hbond substituents is 1. The molecule has 9 heteroatoms. The molecule has 0 aliphatic carbocycles. The minimum Gasteiger partial charge on any atom is -0.504 e. The number of ether oxygens (including phenoxy) is 1. The van der Waals surface area contributed by atoms with Gasteiger partial charge in [-0.15, -0.1) is 0 Å². The number of amides is 2. The third-order valence-corrected chi connectivity index (χ3v) is 4.68. The Morgan fingerprint density at radius 3 is 2.62 bits per heavy atom. The number of hydrazone groups is 1. The molecule has 0 fully saturated rings. The van der Waals surface area contributed by atoms with E-state index in [9.17, 15) is 14.7 Å². The van der Waals surface area contributed by atoms with E-state index in [-0.39, 0.29) is 17.4 Å². The van der Waals surface area contributed by atoms with Crippen LogP contribution < -0.4 is 15.5 Å². The molecule has 7 nitrogen and oxygen atoms in total. The third kappa shape index (κ3) is 6.20. The van der Waals surface area contributed by atoms with E-state index in [1.807, 2.05) is 0 Å². The zero-order valence-corrected chi connectivity index (χ0v) is 18.4. The molecule has 3 N–H and O–H groups in total. The summed E-state index contributed by atoms with van der Waals surface area (Å²) in [7, 11) is 1.43. The van der Waals surface area contributed by atoms with Crippen molar-refractivity contribution in [1.29, 1.82) is 0 Å². The summed E-state index contributed by atoms with van der Waals surface area (Å²) >= 11 is 9.22. The minimum absolute atomic E-state index is 0.108. The summed E-state index contributed by atoms with van der Waals surface area (Å²) in [5.74, 6) is -0.940. The lowest BCUT2D eigenvalue weighted by molar-refractivity contribution is -0.123. The predicted octanol–water partition coefficient (Wildman–Crippen LogP) is 3.72. The summed E-state index contributed by atoms with van der Waals surface area (Å²) in [6.45, 7) is 3.61. The monoisotopic (exact) mass is 481 g/mol. The Morgan fingerprint density at radius 2 is 2.00 bits per heavy atom. The number of phenols is 1. The fraction of sp³-hybridized carbons (Fsp3) is 0.250. The fourth-order valence-corrected chi connectivity index (χ4v) is 3.12. The van der Waals surface area contributed by atoms with Crippen LogP contribution in [0.15, 0.2) is 46.0 Å². The first-order valence-electron chi connectivity index (χ1n) is 8.68. The second kappa shape index (κ2) is 10.3. The number of halogens is 2. The van der Waals surface area contributed by atoms with Crippen molar-refractivity contribution in [3.8, 4) is 11.5 Å². The van der Waals surface area contributed by atoms with Gasteiger partial charge in [0.25, 0.3) is 11.8 Å². The Kier molecular flexibility index (Phi) is 8.04. The molecule has 0 saturated heterocycles. The maximum atomic E-state index is 12.5. The zero-order chi connectivity index (χ0) is 21.6. The predicted molar refractivity (Wildman–Crippen MR) is 116 cm³/mol. The number of rotatable bonds is 7. The molecule has 0 heterocycles. The summed E-state index contributed by atoms with van der Waals surface area (Å²) in [4.78, 5) is 24.9. The van der Waals surface area contributed by atoms with Crippen LogP contribution in [-0.4, -0.2) is 36.3 Å². The number of nitrogens with one attached hydrogen (secondary N) is 2. The van der Waals surface area contributed by atoms with Crippen LogP contribution in [0.1, 0.15) is 29.8 Å². The summed E-state index contributed by atoms with van der Waals surface area (Å²) in [5, 5.41) is 17.1. The van der Waals surface area contributed by atoms with Gasteiger partial charge in [0, 0.05) is 20.6 Å². The highest BCUT2D eigenvalue weighted by atomic mass is 79.9. The van der Waals surface area contributed by atoms with E-state index < -0.39 is 17.9 Å². The Hall–Kier alpha value is -2.58. The van der Waals surface area contributed by atoms with Gasteiger partial charge < -0.3 is 15.2 Å². The van der Waals surface area contributed by atoms with Crippen LogP contribution in [0, 0.1) is 5.92 Å². The van der Waals surface area contributed by atoms with Gasteiger partial charge in [0.05, 0.1) is 13.3 Å². The highest BCUT2D eigenvalue weighted by Crippen LogP contribution is 2.32. The number of carbonyl (C=O) groups is 2. The first-order valence-corrected chi connectivity index (χ1v) is 9.86. The number of benzene rings is 2. The number of hydrogen-bond donors (Lipinski definition) is 3. The van der Waals surface area contributed by atoms with Crippen molar-refractivity contribution in [1.82, 2.24) is 10.7 Å². The second-order valence-electron chi connectivity index (χ2n) is 6.49. The van der Waals surface area contributed by atoms with Crippen molar-refractivity contribution in [3.63, 3.8) is 0 Å². The highest BCUT2D eigenvalue weighted by Gasteiger charge is 2.24. The molecular formula is C20H21BrClN3O4. The summed E-state index contributed by atoms with van der Waals surface area (Å²) < 4.78 is 5.75. The zero-order valence-electron chi connectivity index (χ0n) is 16.1. The number of methoxy groups -OCH3 is 1. The topological polar surface area (TPSA) is 100 Å². The number of aromatic hydroxyl groups is 1. The average Bonchev–Trinajstić information content (AvgIpc) is 2.67. The molecule has 2 rings (SSSR count). The van der Waals surface area contributed by atoms with E-state index in [2.05, 4.69) is 31.8 Å². The van der Waals surface area contributed by atoms with Crippen LogP contribution in [0.5, 0.6) is 11.5 Å². The molecule has 154 valence electrons. The Morgan fingerprint density at radius 1 is 1.28 bits per heavy atom. The molecule has 1 unspecified atom stereocenters. The summed E-state index contributed by atoms with van der Waals surface area (Å²) in [5.41, 5.74) is 3.09. The molecule has 29 heavy (non-hydrogen) atoms. The van der Waals surface area contributed by atoms with E-state index >= 15 is 0 Å². The quantitative estimate of drug-likeness (QED) is 0.414. The molecule has 1 atom stereocenters. The number of nitrogens with zero attached hydrogens (tertiary/aromatic N) is 1. The maximum Gasteiger partial charge on any atom is 0.262 e. The molecule has 0 spiro atoms. The van der Waals surface area contributed by atoms with Crippen molar-refractivity contribution in [2.45, 2.75) is 19.9 Å². The largest absolute Gasteiger partial charge is 0.504 e. The van der Waals surface area contributed by atoms with E-state index in [1.165, 1.54) is 19.4 Å². The van der Waals surface area contributed by atoms with E-state index in [1.54, 1.807) is 44.2 Å². The van der Waals surface area contributed by atoms with Crippen molar-refractivity contribution in [2.24, 2.45) is 11.0 Å². The maximum absolute atomic E-state index is 12.5. The van der Waals surface area contributed by atoms with Gasteiger partial charge in [-0.2, -0.15) is 5.10 Å². The third-order valence-electron chi connectivity index (χ3n) is 3.99. The SMILES string of the molecule is COc1cc(Br)cc(/C=N/NC(=O)C(NC(=O)c2cccc(Cl)c2)C(C)C)c1O. The molecule has 0 bridgehead atoms. The molecule has 2 amide bonds. The summed E-state index contributed by atoms with van der Waals surface area (Å²) in [6, 6.07) is 8.85. The van der Waals surface area contributed by atoms with Gasteiger partial charge in [-0.05, 0) is 36.2 Å². The first kappa shape index (κ1) is 22.7. The smallest absolute Gasteiger partial charge is 0.262 e. The molecule has 2 aromatic rings. The lowest BCUT2D eigenvalue weighted by Gasteiger charge is -2.20. The van der Waals surface area contributed by atoms with E-state index in [0.29, 0.717) is 20.6 Å². The molecule has 0 aliphatic rings. The molecule has 0 saturated carbocycles. The van der Waals surface area contributed by atoms with Gasteiger partial charge in [0.2, 0.25) is 0 Å². The van der Waals surface area contributed by atoms with Crippen LogP contribution in [0.25, 0.3) is 0 Å². The van der Waals surface area contributed by atoms with E-state index in [0.717, 1.165) is 0 Å². The average molecular weight is 483 g/mol. The van der Waals surface area contributed by atoms with Crippen molar-refractivity contribution >= 4 is 45.6 Å². The normalized spacial score (nSPS) is 12.1. The van der Waals surface area contributed by atoms with Crippen molar-refractivity contribution in [3.05, 3.63) is 57.0 Å². The molecule has 0 aromatic heterocycles. The Bertz CT molecular complexity index is 934. The summed E-state index contributed by atoms with van der Waals surface area (Å²) in [6.07, 6.45) is 1.29. The van der Waals surface area contributed by atoms with Crippen molar-refractivity contribution in [2.75, 3.05) is 7.11 Å². The standard InChI is InChI=1S/C20H21BrClN3O4/c1-11(2)17(24-19(27)12-5-4-6-15(22)8-12)20(28)25-23-10-13-7-14(21)9-16(29-3)18(13)26/h4-11,17,26H,1-3H3,(H,24,27)(H,25,28)/b23-10+. The minimum atomic E-state index is -0.815. The van der Waals surface area contributed by atoms with Gasteiger partial charge in [-0.3, -0.25) is 9.59 Å². The second-order valence-corrected chi connectivity index (χ2v) is 7.84. The lowest BCUT2D eigenvalue weighted by atomic mass is 10.0. The molecule has 0 radical (unpaired) electrons. The first-order chi connectivity index (χ1) is 13.7. The number of hydrogen-bond acceptors (Lipinski definition) is 5. The Labute approximate surface area is 182 Å². The number of carbonyl (C=O) groups excluding carboxylic acids is 2. The Balaban J connectivity index is 2.09. The van der Waals surface area contributed by atoms with Crippen LogP contribution >= 0.6 is 27.5 Å². The van der Waals surface area contributed by atoms with Crippen LogP contribution in [0.2, 0.25) is 5.02 Å². The van der Waals surface area contributed by atoms with Gasteiger partial charge >= 0.3 is 0 Å². The van der Waals surface area contributed by atoms with Gasteiger partial charge in [0.15, 0.2) is 11.5 Å². The van der Waals surface area contributed by atoms with Crippen molar-refractivity contribution < 1.29 is 19.4 Å². The molecule has 2 aromatic carbocycles. The lowest BCUT2D eigenvalue weighted by Crippen LogP contribution is -2.48.